The Balaban J connectivity index is 0.000000288. The van der Waals surface area contributed by atoms with Crippen LogP contribution in [0.15, 0.2) is 36.4 Å². The number of halogens is 2. The summed E-state index contributed by atoms with van der Waals surface area (Å²) in [6.45, 7) is 0. The van der Waals surface area contributed by atoms with Gasteiger partial charge in [-0.15, -0.1) is 0 Å². The third kappa shape index (κ3) is 11.2. The number of urea groups is 2. The summed E-state index contributed by atoms with van der Waals surface area (Å²) in [4.78, 5) is 97.3. The molecule has 13 nitrogen and oxygen atoms in total. The molecule has 2 saturated carbocycles. The average molecular weight is 720 g/mol. The van der Waals surface area contributed by atoms with Gasteiger partial charge >= 0.3 is 18.0 Å². The van der Waals surface area contributed by atoms with E-state index in [1.54, 1.807) is 48.4 Å². The Kier molecular flexibility index (Phi) is 15.1. The normalized spacial score (nSPS) is 14.4. The molecule has 0 aromatic heterocycles. The van der Waals surface area contributed by atoms with Gasteiger partial charge in [0.2, 0.25) is 0 Å². The number of nitrogens with zero attached hydrogens (tertiary/aromatic N) is 4. The van der Waals surface area contributed by atoms with Crippen LogP contribution in [-0.2, 0) is 19.2 Å². The van der Waals surface area contributed by atoms with Gasteiger partial charge in [0.15, 0.2) is 17.3 Å². The number of carboxylic acids is 1. The average Bonchev–Trinajstić information content (AvgIpc) is 3.03. The highest BCUT2D eigenvalue weighted by Gasteiger charge is 2.37. The number of hydrogen-bond acceptors (Lipinski definition) is 8. The lowest BCUT2D eigenvalue weighted by atomic mass is 9.81. The van der Waals surface area contributed by atoms with E-state index >= 15 is 0 Å². The van der Waals surface area contributed by atoms with E-state index in [0.29, 0.717) is 30.6 Å². The van der Waals surface area contributed by atoms with E-state index in [1.165, 1.54) is 49.9 Å². The van der Waals surface area contributed by atoms with Gasteiger partial charge in [0.05, 0.1) is 22.0 Å². The molecule has 2 fully saturated rings. The van der Waals surface area contributed by atoms with Crippen molar-refractivity contribution in [2.24, 2.45) is 5.92 Å². The summed E-state index contributed by atoms with van der Waals surface area (Å²) in [6, 6.07) is 8.40. The van der Waals surface area contributed by atoms with Gasteiger partial charge in [0, 0.05) is 84.9 Å². The molecule has 0 aliphatic heterocycles. The summed E-state index contributed by atoms with van der Waals surface area (Å²) < 4.78 is 0. The smallest absolute Gasteiger partial charge is 0.337 e. The first kappa shape index (κ1) is 40.6. The minimum Gasteiger partial charge on any atom is -0.478 e. The number of carboxylic acid groups (broad SMARTS) is 1. The summed E-state index contributed by atoms with van der Waals surface area (Å²) in [7, 11) is 9.69. The van der Waals surface area contributed by atoms with E-state index in [9.17, 15) is 38.4 Å². The Morgan fingerprint density at radius 1 is 0.633 bits per heavy atom. The minimum atomic E-state index is -1.25. The molecule has 0 saturated heterocycles. The van der Waals surface area contributed by atoms with Gasteiger partial charge in [0.1, 0.15) is 17.5 Å². The lowest BCUT2D eigenvalue weighted by molar-refractivity contribution is -0.133. The van der Waals surface area contributed by atoms with Crippen LogP contribution in [-0.4, -0.2) is 104 Å². The number of amides is 4. The number of aromatic carboxylic acids is 1. The van der Waals surface area contributed by atoms with Crippen LogP contribution in [0.1, 0.15) is 65.7 Å². The van der Waals surface area contributed by atoms with Crippen molar-refractivity contribution >= 4 is 81.5 Å². The molecule has 0 unspecified atom stereocenters. The first-order chi connectivity index (χ1) is 22.9. The first-order valence-electron chi connectivity index (χ1n) is 15.2. The summed E-state index contributed by atoms with van der Waals surface area (Å²) in [5, 5.41) is 9.04. The number of rotatable bonds is 5. The molecule has 1 N–H and O–H groups in total. The quantitative estimate of drug-likeness (QED) is 0.313. The summed E-state index contributed by atoms with van der Waals surface area (Å²) in [5.41, 5.74) is 1.19. The van der Waals surface area contributed by atoms with Crippen LogP contribution in [0.25, 0.3) is 0 Å². The third-order valence-corrected chi connectivity index (χ3v) is 8.20. The molecule has 0 radical (unpaired) electrons. The highest BCUT2D eigenvalue weighted by molar-refractivity contribution is 6.36. The second-order valence-electron chi connectivity index (χ2n) is 11.8. The van der Waals surface area contributed by atoms with Crippen molar-refractivity contribution in [3.63, 3.8) is 0 Å². The molecular formula is C34H40Cl2N4O9. The summed E-state index contributed by atoms with van der Waals surface area (Å²) >= 11 is 12.0. The Bertz CT molecular complexity index is 1610. The van der Waals surface area contributed by atoms with Crippen molar-refractivity contribution in [2.75, 3.05) is 52.1 Å². The van der Waals surface area contributed by atoms with Crippen molar-refractivity contribution in [3.8, 4) is 0 Å². The van der Waals surface area contributed by atoms with Gasteiger partial charge in [-0.2, -0.15) is 0 Å². The van der Waals surface area contributed by atoms with Gasteiger partial charge in [-0.1, -0.05) is 23.2 Å². The SMILES string of the molecule is CN(C)C(=O)N(C)c1ccc(C(=O)C2C(=O)CCCC2=O)c(Cl)c1.CN(C)C(=O)N(C)c1ccc(C(=O)O)c(Cl)c1.O=C1CCCC(=O)C1. The largest absolute Gasteiger partial charge is 0.478 e. The molecule has 15 heteroatoms. The van der Waals surface area contributed by atoms with Gasteiger partial charge in [-0.05, 0) is 49.2 Å². The fourth-order valence-electron chi connectivity index (χ4n) is 4.85. The van der Waals surface area contributed by atoms with Crippen LogP contribution in [0, 0.1) is 5.92 Å². The molecule has 0 bridgehead atoms. The maximum atomic E-state index is 12.5. The van der Waals surface area contributed by atoms with Crippen LogP contribution in [0.5, 0.6) is 0 Å². The molecule has 0 spiro atoms. The molecule has 264 valence electrons. The zero-order valence-electron chi connectivity index (χ0n) is 28.2. The Morgan fingerprint density at radius 3 is 1.35 bits per heavy atom. The van der Waals surface area contributed by atoms with Crippen molar-refractivity contribution in [1.29, 1.82) is 0 Å². The molecule has 2 aliphatic carbocycles. The van der Waals surface area contributed by atoms with Crippen LogP contribution >= 0.6 is 23.2 Å². The second-order valence-corrected chi connectivity index (χ2v) is 12.6. The molecular weight excluding hydrogens is 679 g/mol. The van der Waals surface area contributed by atoms with Crippen LogP contribution in [0.2, 0.25) is 10.0 Å². The number of hydrogen-bond donors (Lipinski definition) is 1. The zero-order valence-corrected chi connectivity index (χ0v) is 29.8. The van der Waals surface area contributed by atoms with Gasteiger partial charge in [-0.25, -0.2) is 14.4 Å². The van der Waals surface area contributed by atoms with E-state index in [1.807, 2.05) is 0 Å². The number of anilines is 2. The number of Topliss-reactive ketones (excluding diaryl/α,β-unsaturated/α-hetero) is 5. The van der Waals surface area contributed by atoms with Gasteiger partial charge in [0.25, 0.3) is 0 Å². The predicted octanol–water partition coefficient (Wildman–Crippen LogP) is 5.43. The van der Waals surface area contributed by atoms with Crippen molar-refractivity contribution in [1.82, 2.24) is 9.80 Å². The maximum absolute atomic E-state index is 12.5. The van der Waals surface area contributed by atoms with E-state index in [2.05, 4.69) is 0 Å². The molecule has 4 amide bonds. The summed E-state index contributed by atoms with van der Waals surface area (Å²) in [5.74, 6) is -3.38. The van der Waals surface area contributed by atoms with Crippen molar-refractivity contribution < 1.29 is 43.5 Å². The van der Waals surface area contributed by atoms with Crippen LogP contribution in [0.4, 0.5) is 21.0 Å². The molecule has 4 rings (SSSR count). The molecule has 2 aromatic carbocycles. The number of carbonyl (C=O) groups excluding carboxylic acids is 7. The Morgan fingerprint density at radius 2 is 1.02 bits per heavy atom. The molecule has 49 heavy (non-hydrogen) atoms. The molecule has 2 aromatic rings. The summed E-state index contributed by atoms with van der Waals surface area (Å²) in [6.07, 6.45) is 3.16. The lowest BCUT2D eigenvalue weighted by Gasteiger charge is -2.23. The topological polar surface area (TPSA) is 170 Å². The standard InChI is InChI=1S/C17H19ClN2O4.C11H13ClN2O3.C6H8O2/c1-19(2)17(24)20(3)10-7-8-11(12(18)9-10)16(23)15-13(21)5-4-6-14(15)22;1-13(2)11(17)14(3)7-4-5-8(10(15)16)9(12)6-7;7-5-2-1-3-6(8)4-5/h7-9,15H,4-6H2,1-3H3;4-6H,1-3H3,(H,15,16);1-4H2. The highest BCUT2D eigenvalue weighted by atomic mass is 35.5. The van der Waals surface area contributed by atoms with E-state index in [-0.39, 0.29) is 75.6 Å². The fraction of sp³-hybridized carbons (Fsp3) is 0.412. The molecule has 2 aliphatic rings. The predicted molar refractivity (Wildman–Crippen MR) is 185 cm³/mol. The molecule has 0 heterocycles. The Labute approximate surface area is 294 Å². The third-order valence-electron chi connectivity index (χ3n) is 7.57. The highest BCUT2D eigenvalue weighted by Crippen LogP contribution is 2.29. The second kappa shape index (κ2) is 18.2. The van der Waals surface area contributed by atoms with E-state index in [4.69, 9.17) is 28.3 Å². The van der Waals surface area contributed by atoms with Crippen LogP contribution in [0.3, 0.4) is 0 Å². The Hall–Kier alpha value is -4.62. The fourth-order valence-corrected chi connectivity index (χ4v) is 5.38. The number of ketones is 5. The zero-order chi connectivity index (χ0) is 37.2. The van der Waals surface area contributed by atoms with Crippen molar-refractivity contribution in [3.05, 3.63) is 57.6 Å². The number of benzene rings is 2. The van der Waals surface area contributed by atoms with E-state index < -0.39 is 17.7 Å². The van der Waals surface area contributed by atoms with Crippen LogP contribution < -0.4 is 9.80 Å². The monoisotopic (exact) mass is 718 g/mol. The lowest BCUT2D eigenvalue weighted by Crippen LogP contribution is -2.36. The first-order valence-corrected chi connectivity index (χ1v) is 16.0. The van der Waals surface area contributed by atoms with Crippen molar-refractivity contribution in [2.45, 2.75) is 44.9 Å². The van der Waals surface area contributed by atoms with E-state index in [0.717, 1.165) is 6.42 Å². The minimum absolute atomic E-state index is 0.0149. The molecule has 0 atom stereocenters. The van der Waals surface area contributed by atoms with Gasteiger partial charge in [-0.3, -0.25) is 33.8 Å². The number of carbonyl (C=O) groups is 8. The van der Waals surface area contributed by atoms with Gasteiger partial charge < -0.3 is 14.9 Å². The maximum Gasteiger partial charge on any atom is 0.337 e.